The molecule has 2 heterocycles. The van der Waals surface area contributed by atoms with Crippen molar-refractivity contribution in [3.05, 3.63) is 106 Å². The van der Waals surface area contributed by atoms with Crippen molar-refractivity contribution in [3.8, 4) is 0 Å². The largest absolute Gasteiger partial charge is 0.416 e. The average Bonchev–Trinajstić information content (AvgIpc) is 3.35. The summed E-state index contributed by atoms with van der Waals surface area (Å²) in [5, 5.41) is 12.4. The van der Waals surface area contributed by atoms with Gasteiger partial charge in [0.05, 0.1) is 18.2 Å². The third kappa shape index (κ3) is 5.40. The maximum Gasteiger partial charge on any atom is 0.416 e. The molecule has 38 heavy (non-hydrogen) atoms. The lowest BCUT2D eigenvalue weighted by atomic mass is 10.0. The van der Waals surface area contributed by atoms with Crippen molar-refractivity contribution in [1.29, 1.82) is 0 Å². The lowest BCUT2D eigenvalue weighted by molar-refractivity contribution is -0.137. The van der Waals surface area contributed by atoms with Gasteiger partial charge in [-0.05, 0) is 76.9 Å². The van der Waals surface area contributed by atoms with Crippen LogP contribution < -0.4 is 4.90 Å². The van der Waals surface area contributed by atoms with Gasteiger partial charge < -0.3 is 4.90 Å². The molecule has 0 amide bonds. The summed E-state index contributed by atoms with van der Waals surface area (Å²) in [6.45, 7) is 7.36. The minimum absolute atomic E-state index is 0.308. The predicted octanol–water partition coefficient (Wildman–Crippen LogP) is 5.41. The molecule has 0 spiro atoms. The zero-order valence-corrected chi connectivity index (χ0v) is 21.2. The molecule has 4 aromatic rings. The van der Waals surface area contributed by atoms with E-state index in [9.17, 15) is 17.6 Å². The summed E-state index contributed by atoms with van der Waals surface area (Å²) in [5.41, 5.74) is 4.44. The Morgan fingerprint density at radius 2 is 1.55 bits per heavy atom. The van der Waals surface area contributed by atoms with Gasteiger partial charge in [-0.25, -0.2) is 9.07 Å². The summed E-state index contributed by atoms with van der Waals surface area (Å²) in [6, 6.07) is 17.1. The van der Waals surface area contributed by atoms with E-state index in [0.29, 0.717) is 31.0 Å². The van der Waals surface area contributed by atoms with Crippen molar-refractivity contribution >= 4 is 5.69 Å². The van der Waals surface area contributed by atoms with Crippen LogP contribution in [0.5, 0.6) is 0 Å². The minimum atomic E-state index is -4.42. The number of aromatic nitrogens is 4. The Balaban J connectivity index is 1.45. The quantitative estimate of drug-likeness (QED) is 0.316. The van der Waals surface area contributed by atoms with Crippen LogP contribution in [0.25, 0.3) is 0 Å². The molecule has 1 saturated heterocycles. The van der Waals surface area contributed by atoms with Crippen molar-refractivity contribution in [1.82, 2.24) is 25.1 Å². The maximum atomic E-state index is 13.4. The molecule has 198 valence electrons. The fraction of sp³-hybridized carbons (Fsp3) is 0.321. The minimum Gasteiger partial charge on any atom is -0.369 e. The Morgan fingerprint density at radius 3 is 2.21 bits per heavy atom. The Hall–Kier alpha value is -3.79. The third-order valence-electron chi connectivity index (χ3n) is 7.20. The highest BCUT2D eigenvalue weighted by Crippen LogP contribution is 2.34. The number of hydrogen-bond acceptors (Lipinski definition) is 5. The number of halogens is 4. The lowest BCUT2D eigenvalue weighted by Crippen LogP contribution is -2.48. The second-order valence-electron chi connectivity index (χ2n) is 9.59. The average molecular weight is 525 g/mol. The Bertz CT molecular complexity index is 1370. The fourth-order valence-electron chi connectivity index (χ4n) is 4.96. The zero-order chi connectivity index (χ0) is 26.9. The molecular weight excluding hydrogens is 496 g/mol. The van der Waals surface area contributed by atoms with Gasteiger partial charge in [0.15, 0.2) is 5.82 Å². The van der Waals surface area contributed by atoms with Gasteiger partial charge in [-0.15, -0.1) is 5.10 Å². The van der Waals surface area contributed by atoms with Crippen molar-refractivity contribution in [2.75, 3.05) is 31.1 Å². The van der Waals surface area contributed by atoms with Crippen LogP contribution >= 0.6 is 0 Å². The number of benzene rings is 3. The van der Waals surface area contributed by atoms with E-state index in [1.807, 2.05) is 0 Å². The summed E-state index contributed by atoms with van der Waals surface area (Å²) in [5.74, 6) is 0.185. The van der Waals surface area contributed by atoms with Gasteiger partial charge in [-0.3, -0.25) is 4.90 Å². The number of aryl methyl sites for hydroxylation is 1. The van der Waals surface area contributed by atoms with E-state index >= 15 is 0 Å². The van der Waals surface area contributed by atoms with E-state index in [4.69, 9.17) is 0 Å². The first kappa shape index (κ1) is 25.8. The molecule has 1 aliphatic heterocycles. The molecule has 0 aliphatic carbocycles. The van der Waals surface area contributed by atoms with Gasteiger partial charge in [0, 0.05) is 31.9 Å². The molecule has 0 N–H and O–H groups in total. The number of anilines is 1. The van der Waals surface area contributed by atoms with Crippen molar-refractivity contribution in [2.45, 2.75) is 32.6 Å². The molecule has 0 radical (unpaired) electrons. The Labute approximate surface area is 218 Å². The Morgan fingerprint density at radius 1 is 0.868 bits per heavy atom. The first-order valence-corrected chi connectivity index (χ1v) is 12.4. The highest BCUT2D eigenvalue weighted by atomic mass is 19.4. The van der Waals surface area contributed by atoms with E-state index in [2.05, 4.69) is 57.4 Å². The number of nitrogens with zero attached hydrogens (tertiary/aromatic N) is 6. The van der Waals surface area contributed by atoms with Gasteiger partial charge in [0.25, 0.3) is 0 Å². The summed E-state index contributed by atoms with van der Waals surface area (Å²) in [7, 11) is 0. The zero-order valence-electron chi connectivity index (χ0n) is 21.2. The molecule has 1 atom stereocenters. The lowest BCUT2D eigenvalue weighted by Gasteiger charge is -2.40. The summed E-state index contributed by atoms with van der Waals surface area (Å²) in [4.78, 5) is 4.54. The smallest absolute Gasteiger partial charge is 0.369 e. The van der Waals surface area contributed by atoms with E-state index in [-0.39, 0.29) is 5.82 Å². The van der Waals surface area contributed by atoms with Crippen LogP contribution in [0.3, 0.4) is 0 Å². The third-order valence-corrected chi connectivity index (χ3v) is 7.20. The standard InChI is InChI=1S/C28H28F4N6/c1-19-4-3-5-25(20(19)2)36-14-16-37(17-15-36)26(22-8-10-23(11-9-22)28(30,31)32)27-33-34-35-38(27)18-21-6-12-24(29)13-7-21/h3-13,26H,14-18H2,1-2H3/t26-/m0/s1. The van der Waals surface area contributed by atoms with Crippen LogP contribution in [0.2, 0.25) is 0 Å². The van der Waals surface area contributed by atoms with Crippen LogP contribution in [-0.4, -0.2) is 51.3 Å². The number of piperazine rings is 1. The van der Waals surface area contributed by atoms with Crippen LogP contribution in [0, 0.1) is 19.7 Å². The normalized spacial score (nSPS) is 15.6. The van der Waals surface area contributed by atoms with Gasteiger partial charge in [0.2, 0.25) is 0 Å². The van der Waals surface area contributed by atoms with E-state index in [1.54, 1.807) is 16.8 Å². The molecule has 0 bridgehead atoms. The molecule has 6 nitrogen and oxygen atoms in total. The fourth-order valence-corrected chi connectivity index (χ4v) is 4.96. The molecule has 5 rings (SSSR count). The Kier molecular flexibility index (Phi) is 7.16. The number of hydrogen-bond donors (Lipinski definition) is 0. The number of tetrazole rings is 1. The molecule has 0 saturated carbocycles. The van der Waals surface area contributed by atoms with Crippen molar-refractivity contribution < 1.29 is 17.6 Å². The molecule has 1 aliphatic rings. The molecule has 1 aromatic heterocycles. The van der Waals surface area contributed by atoms with Crippen LogP contribution in [0.15, 0.2) is 66.7 Å². The molecular formula is C28H28F4N6. The molecule has 0 unspecified atom stereocenters. The van der Waals surface area contributed by atoms with Crippen LogP contribution in [0.1, 0.15) is 39.7 Å². The summed E-state index contributed by atoms with van der Waals surface area (Å²) < 4.78 is 54.9. The van der Waals surface area contributed by atoms with Gasteiger partial charge in [-0.1, -0.05) is 36.4 Å². The number of rotatable bonds is 6. The molecule has 3 aromatic carbocycles. The van der Waals surface area contributed by atoms with Crippen LogP contribution in [0.4, 0.5) is 23.2 Å². The van der Waals surface area contributed by atoms with Gasteiger partial charge >= 0.3 is 6.18 Å². The van der Waals surface area contributed by atoms with Crippen molar-refractivity contribution in [2.24, 2.45) is 0 Å². The van der Waals surface area contributed by atoms with Gasteiger partial charge in [0.1, 0.15) is 5.82 Å². The first-order chi connectivity index (χ1) is 18.2. The van der Waals surface area contributed by atoms with Crippen molar-refractivity contribution in [3.63, 3.8) is 0 Å². The van der Waals surface area contributed by atoms with E-state index in [1.165, 1.54) is 41.1 Å². The monoisotopic (exact) mass is 524 g/mol. The van der Waals surface area contributed by atoms with Gasteiger partial charge in [-0.2, -0.15) is 13.2 Å². The summed E-state index contributed by atoms with van der Waals surface area (Å²) in [6.07, 6.45) is -4.42. The van der Waals surface area contributed by atoms with E-state index in [0.717, 1.165) is 30.8 Å². The second kappa shape index (κ2) is 10.5. The van der Waals surface area contributed by atoms with Crippen LogP contribution in [-0.2, 0) is 12.7 Å². The molecule has 1 fully saturated rings. The SMILES string of the molecule is Cc1cccc(N2CCN([C@@H](c3ccc(C(F)(F)F)cc3)c3nnnn3Cc3ccc(F)cc3)CC2)c1C. The topological polar surface area (TPSA) is 50.1 Å². The highest BCUT2D eigenvalue weighted by molar-refractivity contribution is 5.56. The summed E-state index contributed by atoms with van der Waals surface area (Å²) >= 11 is 0. The van der Waals surface area contributed by atoms with E-state index < -0.39 is 17.8 Å². The first-order valence-electron chi connectivity index (χ1n) is 12.4. The second-order valence-corrected chi connectivity index (χ2v) is 9.59. The molecule has 10 heteroatoms. The number of alkyl halides is 3. The maximum absolute atomic E-state index is 13.4. The highest BCUT2D eigenvalue weighted by Gasteiger charge is 2.33. The predicted molar refractivity (Wildman–Crippen MR) is 136 cm³/mol.